The highest BCUT2D eigenvalue weighted by atomic mass is 35.5. The van der Waals surface area contributed by atoms with Crippen molar-refractivity contribution in [3.05, 3.63) is 53.1 Å². The SMILES string of the molecule is Cc1ccccc1-c1nc(OC(F)F)c2cc(Cl)ccc2n1. The van der Waals surface area contributed by atoms with Crippen LogP contribution >= 0.6 is 11.6 Å². The molecule has 0 unspecified atom stereocenters. The van der Waals surface area contributed by atoms with Crippen molar-refractivity contribution in [1.82, 2.24) is 9.97 Å². The number of alkyl halides is 2. The zero-order valence-electron chi connectivity index (χ0n) is 11.6. The molecule has 0 fully saturated rings. The van der Waals surface area contributed by atoms with Gasteiger partial charge in [0.05, 0.1) is 10.9 Å². The number of ether oxygens (including phenoxy) is 1. The third-order valence-electron chi connectivity index (χ3n) is 3.21. The molecule has 22 heavy (non-hydrogen) atoms. The second-order valence-corrected chi connectivity index (χ2v) is 5.14. The summed E-state index contributed by atoms with van der Waals surface area (Å²) in [5.41, 5.74) is 2.20. The summed E-state index contributed by atoms with van der Waals surface area (Å²) in [5.74, 6) is 0.157. The van der Waals surface area contributed by atoms with E-state index in [1.54, 1.807) is 12.1 Å². The molecule has 1 aromatic heterocycles. The first-order valence-corrected chi connectivity index (χ1v) is 6.90. The van der Waals surface area contributed by atoms with Crippen molar-refractivity contribution in [3.8, 4) is 17.3 Å². The van der Waals surface area contributed by atoms with E-state index in [4.69, 9.17) is 11.6 Å². The van der Waals surface area contributed by atoms with Crippen LogP contribution < -0.4 is 4.74 Å². The van der Waals surface area contributed by atoms with Gasteiger partial charge < -0.3 is 4.74 Å². The van der Waals surface area contributed by atoms with Crippen LogP contribution in [0.15, 0.2) is 42.5 Å². The van der Waals surface area contributed by atoms with Gasteiger partial charge in [-0.05, 0) is 30.7 Å². The topological polar surface area (TPSA) is 35.0 Å². The molecule has 2 aromatic carbocycles. The van der Waals surface area contributed by atoms with Gasteiger partial charge in [-0.1, -0.05) is 35.9 Å². The Kier molecular flexibility index (Phi) is 3.90. The summed E-state index contributed by atoms with van der Waals surface area (Å²) in [6.07, 6.45) is 0. The first kappa shape index (κ1) is 14.7. The molecular weight excluding hydrogens is 310 g/mol. The molecule has 0 aliphatic rings. The van der Waals surface area contributed by atoms with E-state index in [2.05, 4.69) is 14.7 Å². The Bertz CT molecular complexity index is 839. The molecule has 112 valence electrons. The van der Waals surface area contributed by atoms with Gasteiger partial charge in [0, 0.05) is 10.6 Å². The van der Waals surface area contributed by atoms with Crippen LogP contribution in [0.2, 0.25) is 5.02 Å². The van der Waals surface area contributed by atoms with Gasteiger partial charge in [-0.2, -0.15) is 13.8 Å². The van der Waals surface area contributed by atoms with Crippen LogP contribution in [0, 0.1) is 6.92 Å². The number of hydrogen-bond acceptors (Lipinski definition) is 3. The van der Waals surface area contributed by atoms with Gasteiger partial charge in [-0.25, -0.2) is 4.98 Å². The van der Waals surface area contributed by atoms with Gasteiger partial charge in [-0.3, -0.25) is 0 Å². The molecule has 0 radical (unpaired) electrons. The van der Waals surface area contributed by atoms with E-state index in [9.17, 15) is 8.78 Å². The van der Waals surface area contributed by atoms with Crippen molar-refractivity contribution in [1.29, 1.82) is 0 Å². The maximum Gasteiger partial charge on any atom is 0.388 e. The minimum atomic E-state index is -2.97. The molecule has 0 bridgehead atoms. The van der Waals surface area contributed by atoms with Gasteiger partial charge in [0.25, 0.3) is 0 Å². The standard InChI is InChI=1S/C16H11ClF2N2O/c1-9-4-2-3-5-11(9)14-20-13-7-6-10(17)8-12(13)15(21-14)22-16(18)19/h2-8,16H,1H3. The van der Waals surface area contributed by atoms with E-state index in [0.29, 0.717) is 21.7 Å². The number of aryl methyl sites for hydroxylation is 1. The van der Waals surface area contributed by atoms with Crippen molar-refractivity contribution in [3.63, 3.8) is 0 Å². The van der Waals surface area contributed by atoms with Crippen LogP contribution in [0.5, 0.6) is 5.88 Å². The molecule has 0 saturated carbocycles. The lowest BCUT2D eigenvalue weighted by atomic mass is 10.1. The van der Waals surface area contributed by atoms with Crippen LogP contribution in [0.4, 0.5) is 8.78 Å². The average molecular weight is 321 g/mol. The summed E-state index contributed by atoms with van der Waals surface area (Å²) in [6.45, 7) is -1.07. The Morgan fingerprint density at radius 1 is 1.09 bits per heavy atom. The third kappa shape index (κ3) is 2.85. The average Bonchev–Trinajstić information content (AvgIpc) is 2.47. The van der Waals surface area contributed by atoms with E-state index in [1.807, 2.05) is 31.2 Å². The van der Waals surface area contributed by atoms with Gasteiger partial charge in [0.2, 0.25) is 5.88 Å². The molecule has 0 amide bonds. The summed E-state index contributed by atoms with van der Waals surface area (Å²) in [5, 5.41) is 0.754. The van der Waals surface area contributed by atoms with Crippen molar-refractivity contribution in [2.24, 2.45) is 0 Å². The minimum absolute atomic E-state index is 0.180. The molecule has 0 saturated heterocycles. The number of hydrogen-bond donors (Lipinski definition) is 0. The van der Waals surface area contributed by atoms with Crippen LogP contribution in [0.25, 0.3) is 22.3 Å². The fourth-order valence-electron chi connectivity index (χ4n) is 2.19. The summed E-state index contributed by atoms with van der Waals surface area (Å²) in [7, 11) is 0. The van der Waals surface area contributed by atoms with Crippen molar-refractivity contribution in [2.45, 2.75) is 13.5 Å². The lowest BCUT2D eigenvalue weighted by molar-refractivity contribution is -0.0516. The lowest BCUT2D eigenvalue weighted by Crippen LogP contribution is -2.06. The van der Waals surface area contributed by atoms with E-state index in [1.165, 1.54) is 6.07 Å². The Balaban J connectivity index is 2.25. The molecule has 0 N–H and O–H groups in total. The molecule has 0 aliphatic heterocycles. The lowest BCUT2D eigenvalue weighted by Gasteiger charge is -2.11. The van der Waals surface area contributed by atoms with E-state index < -0.39 is 6.61 Å². The summed E-state index contributed by atoms with van der Waals surface area (Å²) >= 11 is 5.91. The zero-order valence-corrected chi connectivity index (χ0v) is 12.3. The number of halogens is 3. The zero-order chi connectivity index (χ0) is 15.7. The normalized spacial score (nSPS) is 11.1. The Hall–Kier alpha value is -2.27. The number of fused-ring (bicyclic) bond motifs is 1. The van der Waals surface area contributed by atoms with Crippen molar-refractivity contribution in [2.75, 3.05) is 0 Å². The largest absolute Gasteiger partial charge is 0.416 e. The second kappa shape index (κ2) is 5.85. The Morgan fingerprint density at radius 3 is 2.59 bits per heavy atom. The number of nitrogens with zero attached hydrogens (tertiary/aromatic N) is 2. The van der Waals surface area contributed by atoms with Gasteiger partial charge >= 0.3 is 6.61 Å². The fraction of sp³-hybridized carbons (Fsp3) is 0.125. The van der Waals surface area contributed by atoms with Crippen LogP contribution in [-0.2, 0) is 0 Å². The highest BCUT2D eigenvalue weighted by molar-refractivity contribution is 6.31. The number of benzene rings is 2. The van der Waals surface area contributed by atoms with Gasteiger partial charge in [0.15, 0.2) is 5.82 Å². The summed E-state index contributed by atoms with van der Waals surface area (Å²) < 4.78 is 29.8. The molecule has 1 heterocycles. The predicted octanol–water partition coefficient (Wildman–Crippen LogP) is 4.86. The van der Waals surface area contributed by atoms with Crippen LogP contribution in [-0.4, -0.2) is 16.6 Å². The Morgan fingerprint density at radius 2 is 1.86 bits per heavy atom. The fourth-order valence-corrected chi connectivity index (χ4v) is 2.36. The molecule has 3 rings (SSSR count). The summed E-state index contributed by atoms with van der Waals surface area (Å²) in [4.78, 5) is 8.56. The molecule has 0 spiro atoms. The highest BCUT2D eigenvalue weighted by Crippen LogP contribution is 2.30. The van der Waals surface area contributed by atoms with E-state index in [-0.39, 0.29) is 5.88 Å². The quantitative estimate of drug-likeness (QED) is 0.691. The first-order chi connectivity index (χ1) is 10.5. The predicted molar refractivity (Wildman–Crippen MR) is 81.4 cm³/mol. The van der Waals surface area contributed by atoms with E-state index >= 15 is 0 Å². The van der Waals surface area contributed by atoms with E-state index in [0.717, 1.165) is 11.1 Å². The third-order valence-corrected chi connectivity index (χ3v) is 3.44. The molecule has 3 nitrogen and oxygen atoms in total. The van der Waals surface area contributed by atoms with Crippen LogP contribution in [0.1, 0.15) is 5.56 Å². The first-order valence-electron chi connectivity index (χ1n) is 6.53. The maximum absolute atomic E-state index is 12.6. The molecule has 0 aliphatic carbocycles. The number of rotatable bonds is 3. The molecule has 0 atom stereocenters. The monoisotopic (exact) mass is 320 g/mol. The second-order valence-electron chi connectivity index (χ2n) is 4.71. The minimum Gasteiger partial charge on any atom is -0.416 e. The van der Waals surface area contributed by atoms with Gasteiger partial charge in [-0.15, -0.1) is 0 Å². The van der Waals surface area contributed by atoms with Crippen LogP contribution in [0.3, 0.4) is 0 Å². The number of aromatic nitrogens is 2. The summed E-state index contributed by atoms with van der Waals surface area (Å²) in [6, 6.07) is 12.3. The van der Waals surface area contributed by atoms with Crippen molar-refractivity contribution >= 4 is 22.5 Å². The van der Waals surface area contributed by atoms with Gasteiger partial charge in [0.1, 0.15) is 0 Å². The molecule has 3 aromatic rings. The van der Waals surface area contributed by atoms with Crippen molar-refractivity contribution < 1.29 is 13.5 Å². The molecular formula is C16H11ClF2N2O. The maximum atomic E-state index is 12.6. The molecule has 6 heteroatoms. The smallest absolute Gasteiger partial charge is 0.388 e. The highest BCUT2D eigenvalue weighted by Gasteiger charge is 2.15. The Labute approximate surface area is 130 Å².